The largest absolute Gasteiger partial charge is 0.371 e. The first-order valence-electron chi connectivity index (χ1n) is 7.68. The fourth-order valence-electron chi connectivity index (χ4n) is 3.12. The molecule has 4 rings (SSSR count). The van der Waals surface area contributed by atoms with Gasteiger partial charge in [0.25, 0.3) is 0 Å². The predicted octanol–water partition coefficient (Wildman–Crippen LogP) is 3.56. The van der Waals surface area contributed by atoms with E-state index in [-0.39, 0.29) is 6.10 Å². The van der Waals surface area contributed by atoms with Crippen molar-refractivity contribution in [2.75, 3.05) is 19.7 Å². The van der Waals surface area contributed by atoms with Gasteiger partial charge in [-0.1, -0.05) is 48.5 Å². The molecule has 1 atom stereocenters. The highest BCUT2D eigenvalue weighted by Crippen LogP contribution is 2.34. The number of fused-ring (bicyclic) bond motifs is 1. The van der Waals surface area contributed by atoms with Crippen LogP contribution in [0.2, 0.25) is 0 Å². The fourth-order valence-corrected chi connectivity index (χ4v) is 3.12. The number of nitrogens with one attached hydrogen (secondary N) is 1. The molecule has 1 unspecified atom stereocenters. The number of hydrogen-bond donors (Lipinski definition) is 1. The maximum absolute atomic E-state index is 5.96. The molecule has 1 aliphatic rings. The summed E-state index contributed by atoms with van der Waals surface area (Å²) >= 11 is 0. The van der Waals surface area contributed by atoms with Gasteiger partial charge in [-0.2, -0.15) is 0 Å². The van der Waals surface area contributed by atoms with Crippen LogP contribution in [-0.2, 0) is 4.74 Å². The Balaban J connectivity index is 1.88. The molecule has 1 aliphatic heterocycles. The molecule has 1 aromatic heterocycles. The van der Waals surface area contributed by atoms with E-state index in [1.807, 2.05) is 18.5 Å². The number of aromatic nitrogens is 1. The summed E-state index contributed by atoms with van der Waals surface area (Å²) in [5, 5.41) is 5.80. The van der Waals surface area contributed by atoms with Gasteiger partial charge < -0.3 is 10.1 Å². The van der Waals surface area contributed by atoms with Crippen molar-refractivity contribution in [3.05, 3.63) is 66.5 Å². The zero-order valence-corrected chi connectivity index (χ0v) is 12.3. The van der Waals surface area contributed by atoms with Crippen molar-refractivity contribution in [3.63, 3.8) is 0 Å². The van der Waals surface area contributed by atoms with Crippen LogP contribution < -0.4 is 5.32 Å². The van der Waals surface area contributed by atoms with Crippen LogP contribution in [0.4, 0.5) is 0 Å². The maximum atomic E-state index is 5.96. The second kappa shape index (κ2) is 5.87. The summed E-state index contributed by atoms with van der Waals surface area (Å²) in [5.41, 5.74) is 3.61. The zero-order chi connectivity index (χ0) is 14.8. The van der Waals surface area contributed by atoms with Gasteiger partial charge in [-0.15, -0.1) is 0 Å². The standard InChI is InChI=1S/C19H18N2O/c1-2-6-15-14(5-1)11-21-12-18(15)16-7-3-4-8-17(16)19-13-20-9-10-22-19/h1-8,11-12,19-20H,9-10,13H2. The number of morpholine rings is 1. The van der Waals surface area contributed by atoms with E-state index >= 15 is 0 Å². The van der Waals surface area contributed by atoms with Gasteiger partial charge in [-0.3, -0.25) is 4.98 Å². The minimum atomic E-state index is 0.101. The lowest BCUT2D eigenvalue weighted by Crippen LogP contribution is -2.33. The van der Waals surface area contributed by atoms with Crippen molar-refractivity contribution in [2.24, 2.45) is 0 Å². The quantitative estimate of drug-likeness (QED) is 0.783. The number of nitrogens with zero attached hydrogens (tertiary/aromatic N) is 1. The first kappa shape index (κ1) is 13.4. The average Bonchev–Trinajstić information content (AvgIpc) is 2.62. The summed E-state index contributed by atoms with van der Waals surface area (Å²) < 4.78 is 5.96. The Kier molecular flexibility index (Phi) is 3.59. The number of hydrogen-bond acceptors (Lipinski definition) is 3. The van der Waals surface area contributed by atoms with Gasteiger partial charge in [0.1, 0.15) is 0 Å². The second-order valence-corrected chi connectivity index (χ2v) is 5.56. The highest BCUT2D eigenvalue weighted by molar-refractivity contribution is 5.96. The summed E-state index contributed by atoms with van der Waals surface area (Å²) in [6.45, 7) is 2.54. The number of ether oxygens (including phenoxy) is 1. The fraction of sp³-hybridized carbons (Fsp3) is 0.211. The van der Waals surface area contributed by atoms with E-state index in [1.54, 1.807) is 0 Å². The molecular weight excluding hydrogens is 272 g/mol. The Hall–Kier alpha value is -2.23. The molecule has 110 valence electrons. The van der Waals surface area contributed by atoms with Crippen molar-refractivity contribution in [3.8, 4) is 11.1 Å². The zero-order valence-electron chi connectivity index (χ0n) is 12.3. The molecule has 0 radical (unpaired) electrons. The molecule has 0 aliphatic carbocycles. The summed E-state index contributed by atoms with van der Waals surface area (Å²) in [6.07, 6.45) is 3.97. The Labute approximate surface area is 130 Å². The molecule has 22 heavy (non-hydrogen) atoms. The summed E-state index contributed by atoms with van der Waals surface area (Å²) in [6, 6.07) is 16.9. The predicted molar refractivity (Wildman–Crippen MR) is 88.7 cm³/mol. The van der Waals surface area contributed by atoms with Crippen LogP contribution in [0.1, 0.15) is 11.7 Å². The van der Waals surface area contributed by atoms with E-state index in [0.717, 1.165) is 25.1 Å². The number of benzene rings is 2. The molecular formula is C19H18N2O. The van der Waals surface area contributed by atoms with Crippen molar-refractivity contribution < 1.29 is 4.74 Å². The van der Waals surface area contributed by atoms with E-state index in [9.17, 15) is 0 Å². The minimum absolute atomic E-state index is 0.101. The van der Waals surface area contributed by atoms with E-state index < -0.39 is 0 Å². The minimum Gasteiger partial charge on any atom is -0.371 e. The Bertz CT molecular complexity index is 789. The lowest BCUT2D eigenvalue weighted by atomic mass is 9.93. The van der Waals surface area contributed by atoms with E-state index in [4.69, 9.17) is 4.74 Å². The molecule has 2 aromatic carbocycles. The normalized spacial score (nSPS) is 18.5. The van der Waals surface area contributed by atoms with Gasteiger partial charge in [0.2, 0.25) is 0 Å². The molecule has 1 saturated heterocycles. The maximum Gasteiger partial charge on any atom is 0.0955 e. The van der Waals surface area contributed by atoms with E-state index in [2.05, 4.69) is 52.8 Å². The SMILES string of the molecule is c1ccc(C2CNCCO2)c(-c2cncc3ccccc23)c1. The topological polar surface area (TPSA) is 34.1 Å². The Morgan fingerprint density at radius 3 is 2.73 bits per heavy atom. The highest BCUT2D eigenvalue weighted by atomic mass is 16.5. The number of pyridine rings is 1. The van der Waals surface area contributed by atoms with Gasteiger partial charge in [-0.25, -0.2) is 0 Å². The Morgan fingerprint density at radius 1 is 0.955 bits per heavy atom. The smallest absolute Gasteiger partial charge is 0.0955 e. The molecule has 3 nitrogen and oxygen atoms in total. The van der Waals surface area contributed by atoms with Crippen LogP contribution in [0.25, 0.3) is 21.9 Å². The van der Waals surface area contributed by atoms with Gasteiger partial charge in [0, 0.05) is 36.4 Å². The third-order valence-corrected chi connectivity index (χ3v) is 4.19. The summed E-state index contributed by atoms with van der Waals surface area (Å²) in [5.74, 6) is 0. The molecule has 3 aromatic rings. The Morgan fingerprint density at radius 2 is 1.82 bits per heavy atom. The molecule has 1 fully saturated rings. The lowest BCUT2D eigenvalue weighted by Gasteiger charge is -2.26. The van der Waals surface area contributed by atoms with Crippen LogP contribution in [-0.4, -0.2) is 24.7 Å². The number of rotatable bonds is 2. The second-order valence-electron chi connectivity index (χ2n) is 5.56. The molecule has 0 bridgehead atoms. The van der Waals surface area contributed by atoms with Gasteiger partial charge in [-0.05, 0) is 16.5 Å². The first-order valence-corrected chi connectivity index (χ1v) is 7.68. The summed E-state index contributed by atoms with van der Waals surface area (Å²) in [7, 11) is 0. The third-order valence-electron chi connectivity index (χ3n) is 4.19. The molecule has 3 heteroatoms. The van der Waals surface area contributed by atoms with Crippen LogP contribution in [0.3, 0.4) is 0 Å². The van der Waals surface area contributed by atoms with Gasteiger partial charge in [0.05, 0.1) is 12.7 Å². The lowest BCUT2D eigenvalue weighted by molar-refractivity contribution is 0.0280. The van der Waals surface area contributed by atoms with Gasteiger partial charge in [0.15, 0.2) is 0 Å². The average molecular weight is 290 g/mol. The third kappa shape index (κ3) is 2.39. The molecule has 0 amide bonds. The van der Waals surface area contributed by atoms with Gasteiger partial charge >= 0.3 is 0 Å². The van der Waals surface area contributed by atoms with Crippen molar-refractivity contribution in [1.29, 1.82) is 0 Å². The molecule has 0 saturated carbocycles. The highest BCUT2D eigenvalue weighted by Gasteiger charge is 2.20. The van der Waals surface area contributed by atoms with Crippen LogP contribution in [0, 0.1) is 0 Å². The molecule has 0 spiro atoms. The van der Waals surface area contributed by atoms with Crippen molar-refractivity contribution in [1.82, 2.24) is 10.3 Å². The molecule has 2 heterocycles. The van der Waals surface area contributed by atoms with Crippen LogP contribution in [0.15, 0.2) is 60.9 Å². The van der Waals surface area contributed by atoms with Crippen LogP contribution in [0.5, 0.6) is 0 Å². The molecule has 1 N–H and O–H groups in total. The van der Waals surface area contributed by atoms with Crippen molar-refractivity contribution >= 4 is 10.8 Å². The van der Waals surface area contributed by atoms with E-state index in [1.165, 1.54) is 22.1 Å². The van der Waals surface area contributed by atoms with E-state index in [0.29, 0.717) is 0 Å². The van der Waals surface area contributed by atoms with Crippen molar-refractivity contribution in [2.45, 2.75) is 6.10 Å². The monoisotopic (exact) mass is 290 g/mol. The van der Waals surface area contributed by atoms with Crippen LogP contribution >= 0.6 is 0 Å². The first-order chi connectivity index (χ1) is 10.9. The summed E-state index contributed by atoms with van der Waals surface area (Å²) in [4.78, 5) is 4.42.